The maximum atomic E-state index is 4.93. The van der Waals surface area contributed by atoms with Crippen LogP contribution >= 0.6 is 17.0 Å². The van der Waals surface area contributed by atoms with E-state index in [1.54, 1.807) is 0 Å². The molecule has 42 heavy (non-hydrogen) atoms. The summed E-state index contributed by atoms with van der Waals surface area (Å²) in [6, 6.07) is 43.8. The van der Waals surface area contributed by atoms with Gasteiger partial charge in [-0.05, 0) is 24.0 Å². The van der Waals surface area contributed by atoms with Gasteiger partial charge in [0.2, 0.25) is 0 Å². The molecule has 214 valence electrons. The summed E-state index contributed by atoms with van der Waals surface area (Å²) in [5.74, 6) is 4.50. The standard InChI is InChI=1S/2C18H17.C2H6Ge.2ClH.Zr/c2*1-2-7-14-12-16-10-6-11-17(18(16)13-14)15-8-4-3-5-9-15;1-3-2;;;/h2*3-6,8-13H,2,7H2,1H3;1-2H3;2*1H;/q2*-1;;;;+4/p-2. The predicted octanol–water partition coefficient (Wildman–Crippen LogP) is 12.5. The van der Waals surface area contributed by atoms with Crippen molar-refractivity contribution in [1.82, 2.24) is 0 Å². The van der Waals surface area contributed by atoms with E-state index in [2.05, 4.69) is 147 Å². The Labute approximate surface area is 278 Å². The third-order valence-corrected chi connectivity index (χ3v) is 6.87. The van der Waals surface area contributed by atoms with Crippen LogP contribution in [0.1, 0.15) is 37.8 Å². The molecule has 0 aromatic heterocycles. The Morgan fingerprint density at radius 3 is 1.26 bits per heavy atom. The molecule has 0 nitrogen and oxygen atoms in total. The second-order valence-electron chi connectivity index (χ2n) is 10.1. The van der Waals surface area contributed by atoms with Gasteiger partial charge in [-0.25, -0.2) is 0 Å². The molecule has 6 aromatic rings. The SMILES string of the molecule is CCCc1cc2c(-c3ccccc3)cccc2[cH-]1.CCCc1cc2c(-c3ccccc3)cccc2[cH-]1.[CH3][Ge][CH3].[Cl][Zr+2][Cl]. The van der Waals surface area contributed by atoms with Crippen LogP contribution in [-0.4, -0.2) is 15.4 Å². The molecule has 4 heteroatoms. The van der Waals surface area contributed by atoms with Gasteiger partial charge in [0.05, 0.1) is 0 Å². The Kier molecular flexibility index (Phi) is 16.0. The molecule has 0 saturated heterocycles. The van der Waals surface area contributed by atoms with Gasteiger partial charge in [0.1, 0.15) is 0 Å². The van der Waals surface area contributed by atoms with Gasteiger partial charge in [-0.2, -0.15) is 12.1 Å². The van der Waals surface area contributed by atoms with Gasteiger partial charge >= 0.3 is 64.8 Å². The van der Waals surface area contributed by atoms with Gasteiger partial charge in [0.25, 0.3) is 0 Å². The Hall–Kier alpha value is -1.89. The van der Waals surface area contributed by atoms with Crippen molar-refractivity contribution in [3.8, 4) is 22.3 Å². The van der Waals surface area contributed by atoms with Crippen molar-refractivity contribution in [3.05, 3.63) is 132 Å². The van der Waals surface area contributed by atoms with Crippen LogP contribution in [0.15, 0.2) is 121 Å². The maximum absolute atomic E-state index is 4.93. The minimum absolute atomic E-state index is 0.500. The number of hydrogen-bond acceptors (Lipinski definition) is 0. The molecule has 6 aromatic carbocycles. The Balaban J connectivity index is 0.000000195. The summed E-state index contributed by atoms with van der Waals surface area (Å²) < 4.78 is 0. The van der Waals surface area contributed by atoms with E-state index in [1.807, 2.05) is 0 Å². The number of benzene rings is 4. The zero-order valence-corrected chi connectivity index (χ0v) is 31.2. The minimum atomic E-state index is -0.826. The van der Waals surface area contributed by atoms with E-state index in [9.17, 15) is 0 Å². The Bertz CT molecular complexity index is 1460. The molecule has 0 heterocycles. The van der Waals surface area contributed by atoms with E-state index >= 15 is 0 Å². The monoisotopic (exact) mass is 730 g/mol. The van der Waals surface area contributed by atoms with Gasteiger partial charge in [0.15, 0.2) is 0 Å². The zero-order valence-electron chi connectivity index (χ0n) is 25.1. The van der Waals surface area contributed by atoms with E-state index in [-0.39, 0.29) is 0 Å². The van der Waals surface area contributed by atoms with Crippen LogP contribution in [0.3, 0.4) is 0 Å². The van der Waals surface area contributed by atoms with E-state index in [0.29, 0.717) is 15.4 Å². The van der Waals surface area contributed by atoms with Crippen molar-refractivity contribution in [2.75, 3.05) is 0 Å². The summed E-state index contributed by atoms with van der Waals surface area (Å²) in [7, 11) is 9.87. The van der Waals surface area contributed by atoms with Crippen molar-refractivity contribution in [2.24, 2.45) is 0 Å². The van der Waals surface area contributed by atoms with Crippen molar-refractivity contribution in [3.63, 3.8) is 0 Å². The van der Waals surface area contributed by atoms with Gasteiger partial charge in [-0.3, -0.25) is 0 Å². The number of halogens is 2. The summed E-state index contributed by atoms with van der Waals surface area (Å²) in [5.41, 5.74) is 8.20. The van der Waals surface area contributed by atoms with Crippen LogP contribution in [0.2, 0.25) is 11.5 Å². The van der Waals surface area contributed by atoms with E-state index in [0.717, 1.165) is 0 Å². The molecule has 0 aliphatic rings. The summed E-state index contributed by atoms with van der Waals surface area (Å²) in [5, 5.41) is 5.49. The molecule has 0 aliphatic heterocycles. The van der Waals surface area contributed by atoms with Crippen LogP contribution in [0.5, 0.6) is 0 Å². The molecule has 6 rings (SSSR count). The number of fused-ring (bicyclic) bond motifs is 2. The second-order valence-corrected chi connectivity index (χ2v) is 16.0. The average Bonchev–Trinajstić information content (AvgIpc) is 3.63. The molecule has 0 saturated carbocycles. The summed E-state index contributed by atoms with van der Waals surface area (Å²) in [6.07, 6.45) is 4.75. The van der Waals surface area contributed by atoms with Crippen LogP contribution in [-0.2, 0) is 33.7 Å². The van der Waals surface area contributed by atoms with Crippen molar-refractivity contribution < 1.29 is 20.8 Å². The van der Waals surface area contributed by atoms with Crippen LogP contribution < -0.4 is 0 Å². The molecule has 0 aliphatic carbocycles. The molecule has 0 atom stereocenters. The molecule has 0 amide bonds. The molecule has 0 N–H and O–H groups in total. The first kappa shape index (κ1) is 34.6. The van der Waals surface area contributed by atoms with Crippen molar-refractivity contribution in [1.29, 1.82) is 0 Å². The first-order valence-electron chi connectivity index (χ1n) is 14.6. The predicted molar refractivity (Wildman–Crippen MR) is 187 cm³/mol. The van der Waals surface area contributed by atoms with Gasteiger partial charge in [-0.1, -0.05) is 111 Å². The summed E-state index contributed by atoms with van der Waals surface area (Å²) >= 11 is -0.326. The first-order chi connectivity index (χ1) is 20.6. The molecule has 0 bridgehead atoms. The van der Waals surface area contributed by atoms with E-state index in [4.69, 9.17) is 17.0 Å². The van der Waals surface area contributed by atoms with Gasteiger partial charge < -0.3 is 0 Å². The number of aryl methyl sites for hydroxylation is 2. The normalized spacial score (nSPS) is 10.0. The van der Waals surface area contributed by atoms with Crippen molar-refractivity contribution >= 4 is 54.0 Å². The second kappa shape index (κ2) is 19.4. The Morgan fingerprint density at radius 1 is 0.571 bits per heavy atom. The summed E-state index contributed by atoms with van der Waals surface area (Å²) in [4.78, 5) is 0. The van der Waals surface area contributed by atoms with E-state index in [1.165, 1.54) is 80.6 Å². The van der Waals surface area contributed by atoms with Gasteiger partial charge in [-0.15, -0.1) is 69.1 Å². The molecular weight excluding hydrogens is 691 g/mol. The first-order valence-corrected chi connectivity index (χ1v) is 25.1. The average molecular weight is 731 g/mol. The fourth-order valence-electron chi connectivity index (χ4n) is 5.20. The van der Waals surface area contributed by atoms with Crippen LogP contribution in [0.25, 0.3) is 43.8 Å². The number of hydrogen-bond donors (Lipinski definition) is 0. The topological polar surface area (TPSA) is 0 Å². The third-order valence-electron chi connectivity index (χ3n) is 6.87. The number of rotatable bonds is 6. The van der Waals surface area contributed by atoms with Crippen molar-refractivity contribution in [2.45, 2.75) is 51.0 Å². The molecule has 0 fully saturated rings. The van der Waals surface area contributed by atoms with Crippen LogP contribution in [0.4, 0.5) is 0 Å². The van der Waals surface area contributed by atoms with E-state index < -0.39 is 20.8 Å². The summed E-state index contributed by atoms with van der Waals surface area (Å²) in [6.45, 7) is 4.46. The zero-order chi connectivity index (χ0) is 30.2. The fourth-order valence-corrected chi connectivity index (χ4v) is 5.20. The van der Waals surface area contributed by atoms with Crippen LogP contribution in [0, 0.1) is 0 Å². The molecule has 0 spiro atoms. The molecular formula is C38H40Cl2GeZr. The quantitative estimate of drug-likeness (QED) is 0.118. The molecule has 2 radical (unpaired) electrons. The third kappa shape index (κ3) is 10.1. The van der Waals surface area contributed by atoms with Gasteiger partial charge in [0, 0.05) is 0 Å². The Morgan fingerprint density at radius 2 is 0.929 bits per heavy atom. The fraction of sp³-hybridized carbons (Fsp3) is 0.211. The molecule has 0 unspecified atom stereocenters.